The van der Waals surface area contributed by atoms with Gasteiger partial charge >= 0.3 is 0 Å². The number of ether oxygens (including phenoxy) is 1. The van der Waals surface area contributed by atoms with Gasteiger partial charge in [0.05, 0.1) is 19.8 Å². The Morgan fingerprint density at radius 1 is 0.833 bits per heavy atom. The molecular formula is C16H17NO. The molecule has 0 aliphatic heterocycles. The van der Waals surface area contributed by atoms with Gasteiger partial charge in [-0.2, -0.15) is 0 Å². The second kappa shape index (κ2) is 7.41. The first-order valence-electron chi connectivity index (χ1n) is 6.09. The molecule has 2 rings (SSSR count). The maximum Gasteiger partial charge on any atom is 0.0819 e. The molecule has 2 aromatic rings. The van der Waals surface area contributed by atoms with Crippen molar-refractivity contribution < 1.29 is 4.74 Å². The predicted octanol–water partition coefficient (Wildman–Crippen LogP) is 3.47. The van der Waals surface area contributed by atoms with Crippen LogP contribution in [0.3, 0.4) is 0 Å². The van der Waals surface area contributed by atoms with Crippen LogP contribution in [0.5, 0.6) is 0 Å². The molecule has 0 amide bonds. The molecule has 92 valence electrons. The third kappa shape index (κ3) is 4.52. The van der Waals surface area contributed by atoms with E-state index in [-0.39, 0.29) is 0 Å². The van der Waals surface area contributed by atoms with Crippen LogP contribution in [0.1, 0.15) is 11.1 Å². The maximum absolute atomic E-state index is 5.51. The Morgan fingerprint density at radius 3 is 2.11 bits per heavy atom. The molecule has 0 aliphatic rings. The molecule has 2 nitrogen and oxygen atoms in total. The minimum atomic E-state index is 0.557. The number of hydrogen-bond donors (Lipinski definition) is 0. The first kappa shape index (κ1) is 12.5. The van der Waals surface area contributed by atoms with Gasteiger partial charge in [0.15, 0.2) is 0 Å². The van der Waals surface area contributed by atoms with E-state index in [0.29, 0.717) is 13.2 Å². The van der Waals surface area contributed by atoms with Crippen LogP contribution in [0.15, 0.2) is 65.7 Å². The second-order valence-electron chi connectivity index (χ2n) is 4.01. The maximum atomic E-state index is 5.51. The van der Waals surface area contributed by atoms with Crippen molar-refractivity contribution in [1.82, 2.24) is 0 Å². The van der Waals surface area contributed by atoms with Crippen LogP contribution in [-0.4, -0.2) is 12.8 Å². The van der Waals surface area contributed by atoms with E-state index < -0.39 is 0 Å². The fraction of sp³-hybridized carbons (Fsp3) is 0.188. The first-order chi connectivity index (χ1) is 8.95. The molecule has 18 heavy (non-hydrogen) atoms. The van der Waals surface area contributed by atoms with E-state index in [0.717, 1.165) is 6.54 Å². The lowest BCUT2D eigenvalue weighted by Gasteiger charge is -2.00. The van der Waals surface area contributed by atoms with E-state index in [4.69, 9.17) is 4.74 Å². The number of hydrogen-bond acceptors (Lipinski definition) is 2. The SMILES string of the molecule is C(/COCc1ccccc1)=N/Cc1ccccc1. The molecule has 0 atom stereocenters. The van der Waals surface area contributed by atoms with Crippen LogP contribution in [0.25, 0.3) is 0 Å². The van der Waals surface area contributed by atoms with E-state index >= 15 is 0 Å². The highest BCUT2D eigenvalue weighted by Gasteiger charge is 1.90. The standard InChI is InChI=1S/C16H17NO/c1-3-7-15(8-4-1)13-17-11-12-18-14-16-9-5-2-6-10-16/h1-11H,12-14H2/b17-11-. The van der Waals surface area contributed by atoms with E-state index in [1.807, 2.05) is 42.6 Å². The third-order valence-corrected chi connectivity index (χ3v) is 2.55. The van der Waals surface area contributed by atoms with E-state index in [1.165, 1.54) is 11.1 Å². The Kier molecular flexibility index (Phi) is 5.15. The van der Waals surface area contributed by atoms with E-state index in [9.17, 15) is 0 Å². The van der Waals surface area contributed by atoms with Gasteiger partial charge < -0.3 is 4.74 Å². The van der Waals surface area contributed by atoms with Crippen LogP contribution in [-0.2, 0) is 17.9 Å². The Morgan fingerprint density at radius 2 is 1.44 bits per heavy atom. The van der Waals surface area contributed by atoms with Gasteiger partial charge in [-0.3, -0.25) is 4.99 Å². The Hall–Kier alpha value is -1.93. The summed E-state index contributed by atoms with van der Waals surface area (Å²) in [5, 5.41) is 0. The lowest BCUT2D eigenvalue weighted by Crippen LogP contribution is -1.96. The van der Waals surface area contributed by atoms with Crippen LogP contribution in [0, 0.1) is 0 Å². The summed E-state index contributed by atoms with van der Waals surface area (Å²) in [5.74, 6) is 0. The van der Waals surface area contributed by atoms with Crippen LogP contribution in [0.4, 0.5) is 0 Å². The van der Waals surface area contributed by atoms with Crippen molar-refractivity contribution in [2.75, 3.05) is 6.61 Å². The second-order valence-corrected chi connectivity index (χ2v) is 4.01. The highest BCUT2D eigenvalue weighted by molar-refractivity contribution is 5.58. The van der Waals surface area contributed by atoms with Gasteiger partial charge in [-0.25, -0.2) is 0 Å². The molecule has 0 N–H and O–H groups in total. The average Bonchev–Trinajstić information content (AvgIpc) is 2.45. The third-order valence-electron chi connectivity index (χ3n) is 2.55. The highest BCUT2D eigenvalue weighted by atomic mass is 16.5. The van der Waals surface area contributed by atoms with Gasteiger partial charge in [-0.1, -0.05) is 60.7 Å². The summed E-state index contributed by atoms with van der Waals surface area (Å²) in [4.78, 5) is 4.32. The fourth-order valence-electron chi connectivity index (χ4n) is 1.61. The molecule has 0 radical (unpaired) electrons. The van der Waals surface area contributed by atoms with Crippen molar-refractivity contribution in [3.63, 3.8) is 0 Å². The average molecular weight is 239 g/mol. The summed E-state index contributed by atoms with van der Waals surface area (Å²) >= 11 is 0. The lowest BCUT2D eigenvalue weighted by molar-refractivity contribution is 0.160. The topological polar surface area (TPSA) is 21.6 Å². The smallest absolute Gasteiger partial charge is 0.0819 e. The molecule has 0 unspecified atom stereocenters. The largest absolute Gasteiger partial charge is 0.371 e. The van der Waals surface area contributed by atoms with Crippen molar-refractivity contribution in [2.45, 2.75) is 13.2 Å². The Labute approximate surface area is 108 Å². The highest BCUT2D eigenvalue weighted by Crippen LogP contribution is 2.01. The normalized spacial score (nSPS) is 10.9. The fourth-order valence-corrected chi connectivity index (χ4v) is 1.61. The van der Waals surface area contributed by atoms with Gasteiger partial charge in [0, 0.05) is 6.21 Å². The van der Waals surface area contributed by atoms with E-state index in [1.54, 1.807) is 0 Å². The number of rotatable bonds is 6. The Bertz CT molecular complexity index is 465. The lowest BCUT2D eigenvalue weighted by atomic mass is 10.2. The molecule has 0 heterocycles. The van der Waals surface area contributed by atoms with Crippen molar-refractivity contribution in [3.05, 3.63) is 71.8 Å². The van der Waals surface area contributed by atoms with Gasteiger partial charge in [0.1, 0.15) is 0 Å². The Balaban J connectivity index is 1.64. The molecule has 0 saturated carbocycles. The molecule has 2 heteroatoms. The molecule has 0 saturated heterocycles. The van der Waals surface area contributed by atoms with Gasteiger partial charge in [-0.15, -0.1) is 0 Å². The van der Waals surface area contributed by atoms with Gasteiger partial charge in [-0.05, 0) is 11.1 Å². The number of benzene rings is 2. The summed E-state index contributed by atoms with van der Waals surface area (Å²) in [5.41, 5.74) is 2.41. The van der Waals surface area contributed by atoms with E-state index in [2.05, 4.69) is 29.3 Å². The molecule has 0 aromatic heterocycles. The first-order valence-corrected chi connectivity index (χ1v) is 6.09. The monoisotopic (exact) mass is 239 g/mol. The van der Waals surface area contributed by atoms with Crippen molar-refractivity contribution in [1.29, 1.82) is 0 Å². The van der Waals surface area contributed by atoms with Crippen LogP contribution >= 0.6 is 0 Å². The van der Waals surface area contributed by atoms with Crippen molar-refractivity contribution in [2.24, 2.45) is 4.99 Å². The van der Waals surface area contributed by atoms with Crippen molar-refractivity contribution in [3.8, 4) is 0 Å². The summed E-state index contributed by atoms with van der Waals surface area (Å²) in [6.45, 7) is 1.91. The molecule has 0 aliphatic carbocycles. The molecule has 0 bridgehead atoms. The summed E-state index contributed by atoms with van der Waals surface area (Å²) in [6.07, 6.45) is 1.83. The summed E-state index contributed by atoms with van der Waals surface area (Å²) in [7, 11) is 0. The number of nitrogens with zero attached hydrogens (tertiary/aromatic N) is 1. The predicted molar refractivity (Wildman–Crippen MR) is 74.7 cm³/mol. The minimum absolute atomic E-state index is 0.557. The minimum Gasteiger partial charge on any atom is -0.371 e. The van der Waals surface area contributed by atoms with Gasteiger partial charge in [0.2, 0.25) is 0 Å². The van der Waals surface area contributed by atoms with Crippen molar-refractivity contribution >= 4 is 6.21 Å². The molecular weight excluding hydrogens is 222 g/mol. The zero-order chi connectivity index (χ0) is 12.5. The van der Waals surface area contributed by atoms with Crippen LogP contribution < -0.4 is 0 Å². The summed E-state index contributed by atoms with van der Waals surface area (Å²) < 4.78 is 5.51. The van der Waals surface area contributed by atoms with Gasteiger partial charge in [0.25, 0.3) is 0 Å². The zero-order valence-corrected chi connectivity index (χ0v) is 10.3. The molecule has 0 fully saturated rings. The van der Waals surface area contributed by atoms with Crippen LogP contribution in [0.2, 0.25) is 0 Å². The quantitative estimate of drug-likeness (QED) is 0.558. The summed E-state index contributed by atoms with van der Waals surface area (Å²) in [6, 6.07) is 20.4. The number of aliphatic imine (C=N–C) groups is 1. The molecule has 2 aromatic carbocycles. The molecule has 0 spiro atoms. The zero-order valence-electron chi connectivity index (χ0n) is 10.3.